The second-order valence-corrected chi connectivity index (χ2v) is 7.11. The molecule has 1 N–H and O–H groups in total. The average molecular weight is 389 g/mol. The summed E-state index contributed by atoms with van der Waals surface area (Å²) in [6.45, 7) is 6.43. The Balaban J connectivity index is 1.44. The van der Waals surface area contributed by atoms with Gasteiger partial charge >= 0.3 is 0 Å². The quantitative estimate of drug-likeness (QED) is 0.533. The van der Waals surface area contributed by atoms with Crippen molar-refractivity contribution in [3.8, 4) is 17.2 Å². The number of aromatic nitrogens is 1. The Morgan fingerprint density at radius 3 is 2.72 bits per heavy atom. The number of hydrogen-bond donors (Lipinski definition) is 1. The first-order chi connectivity index (χ1) is 14.0. The third-order valence-corrected chi connectivity index (χ3v) is 5.02. The molecule has 0 saturated carbocycles. The van der Waals surface area contributed by atoms with Crippen molar-refractivity contribution in [3.63, 3.8) is 0 Å². The summed E-state index contributed by atoms with van der Waals surface area (Å²) in [6, 6.07) is 15.8. The van der Waals surface area contributed by atoms with E-state index in [4.69, 9.17) is 9.47 Å². The van der Waals surface area contributed by atoms with Crippen LogP contribution >= 0.6 is 0 Å². The zero-order chi connectivity index (χ0) is 20.4. The van der Waals surface area contributed by atoms with Gasteiger partial charge in [-0.2, -0.15) is 5.10 Å². The number of nitrogens with one attached hydrogen (secondary N) is 1. The molecule has 1 aliphatic rings. The third-order valence-electron chi connectivity index (χ3n) is 5.02. The second kappa shape index (κ2) is 7.83. The molecule has 3 aromatic rings. The van der Waals surface area contributed by atoms with E-state index in [9.17, 15) is 4.79 Å². The molecular formula is C23H23N3O3. The van der Waals surface area contributed by atoms with E-state index in [2.05, 4.69) is 54.1 Å². The molecule has 2 heterocycles. The Labute approximate surface area is 169 Å². The van der Waals surface area contributed by atoms with Crippen LogP contribution in [0.15, 0.2) is 53.6 Å². The van der Waals surface area contributed by atoms with Gasteiger partial charge in [-0.15, -0.1) is 0 Å². The summed E-state index contributed by atoms with van der Waals surface area (Å²) < 4.78 is 12.8. The van der Waals surface area contributed by atoms with E-state index in [0.717, 1.165) is 28.2 Å². The highest BCUT2D eigenvalue weighted by Crippen LogP contribution is 2.32. The van der Waals surface area contributed by atoms with Gasteiger partial charge in [-0.25, -0.2) is 5.43 Å². The lowest BCUT2D eigenvalue weighted by Crippen LogP contribution is -2.19. The van der Waals surface area contributed by atoms with Crippen molar-refractivity contribution in [1.29, 1.82) is 0 Å². The fourth-order valence-corrected chi connectivity index (χ4v) is 3.55. The third kappa shape index (κ3) is 3.87. The molecule has 6 nitrogen and oxygen atoms in total. The van der Waals surface area contributed by atoms with Crippen LogP contribution in [0.3, 0.4) is 0 Å². The van der Waals surface area contributed by atoms with Crippen LogP contribution in [0.2, 0.25) is 0 Å². The molecule has 4 rings (SSSR count). The monoisotopic (exact) mass is 389 g/mol. The summed E-state index contributed by atoms with van der Waals surface area (Å²) in [6.07, 6.45) is 1.91. The van der Waals surface area contributed by atoms with E-state index in [0.29, 0.717) is 11.5 Å². The van der Waals surface area contributed by atoms with Crippen molar-refractivity contribution < 1.29 is 14.3 Å². The zero-order valence-corrected chi connectivity index (χ0v) is 16.7. The van der Waals surface area contributed by atoms with Gasteiger partial charge in [0.15, 0.2) is 11.5 Å². The Morgan fingerprint density at radius 1 is 1.10 bits per heavy atom. The Morgan fingerprint density at radius 2 is 1.90 bits per heavy atom. The largest absolute Gasteiger partial charge is 0.454 e. The highest BCUT2D eigenvalue weighted by molar-refractivity contribution is 5.85. The standard InChI is InChI=1S/C23H23N3O3/c1-15-6-4-5-7-20(15)26-16(2)10-19(17(26)3)13-24-25-23(27)12-18-8-9-21-22(11-18)29-14-28-21/h4-11,13H,12,14H2,1-3H3,(H,25,27)/b24-13-. The molecule has 6 heteroatoms. The van der Waals surface area contributed by atoms with Gasteiger partial charge in [-0.05, 0) is 56.2 Å². The van der Waals surface area contributed by atoms with Gasteiger partial charge in [-0.1, -0.05) is 24.3 Å². The predicted molar refractivity (Wildman–Crippen MR) is 112 cm³/mol. The van der Waals surface area contributed by atoms with E-state index in [-0.39, 0.29) is 19.1 Å². The molecule has 0 fully saturated rings. The van der Waals surface area contributed by atoms with Gasteiger partial charge < -0.3 is 14.0 Å². The van der Waals surface area contributed by atoms with Crippen molar-refractivity contribution in [2.24, 2.45) is 5.10 Å². The molecule has 0 bridgehead atoms. The van der Waals surface area contributed by atoms with Crippen LogP contribution in [0.5, 0.6) is 11.5 Å². The van der Waals surface area contributed by atoms with Crippen LogP contribution in [0.4, 0.5) is 0 Å². The molecule has 1 aliphatic heterocycles. The van der Waals surface area contributed by atoms with Crippen LogP contribution in [-0.2, 0) is 11.2 Å². The number of ether oxygens (including phenoxy) is 2. The smallest absolute Gasteiger partial charge is 0.244 e. The molecule has 1 aromatic heterocycles. The predicted octanol–water partition coefficient (Wildman–Crippen LogP) is 3.82. The van der Waals surface area contributed by atoms with Crippen molar-refractivity contribution in [3.05, 3.63) is 76.6 Å². The summed E-state index contributed by atoms with van der Waals surface area (Å²) in [5.41, 5.74) is 8.96. The number of carbonyl (C=O) groups is 1. The van der Waals surface area contributed by atoms with Crippen LogP contribution in [-0.4, -0.2) is 23.5 Å². The van der Waals surface area contributed by atoms with Crippen molar-refractivity contribution >= 4 is 12.1 Å². The van der Waals surface area contributed by atoms with Gasteiger partial charge in [0.2, 0.25) is 12.7 Å². The minimum Gasteiger partial charge on any atom is -0.454 e. The Kier molecular flexibility index (Phi) is 5.08. The Bertz CT molecular complexity index is 1100. The number of rotatable bonds is 5. The van der Waals surface area contributed by atoms with Crippen LogP contribution in [0, 0.1) is 20.8 Å². The Hall–Kier alpha value is -3.54. The highest BCUT2D eigenvalue weighted by atomic mass is 16.7. The topological polar surface area (TPSA) is 64.9 Å². The van der Waals surface area contributed by atoms with Gasteiger partial charge in [0.25, 0.3) is 0 Å². The molecule has 0 aliphatic carbocycles. The SMILES string of the molecule is Cc1ccccc1-n1c(C)cc(/C=N\NC(=O)Cc2ccc3c(c2)OCO3)c1C. The number of amides is 1. The van der Waals surface area contributed by atoms with Crippen LogP contribution < -0.4 is 14.9 Å². The van der Waals surface area contributed by atoms with E-state index in [1.54, 1.807) is 6.21 Å². The number of para-hydroxylation sites is 1. The molecule has 2 aromatic carbocycles. The normalized spacial score (nSPS) is 12.5. The molecule has 29 heavy (non-hydrogen) atoms. The number of nitrogens with zero attached hydrogens (tertiary/aromatic N) is 2. The minimum atomic E-state index is -0.187. The fraction of sp³-hybridized carbons (Fsp3) is 0.217. The summed E-state index contributed by atoms with van der Waals surface area (Å²) in [5.74, 6) is 1.19. The maximum absolute atomic E-state index is 12.2. The molecule has 0 spiro atoms. The molecule has 148 valence electrons. The maximum Gasteiger partial charge on any atom is 0.244 e. The van der Waals surface area contributed by atoms with E-state index in [1.165, 1.54) is 5.56 Å². The van der Waals surface area contributed by atoms with Crippen LogP contribution in [0.25, 0.3) is 5.69 Å². The lowest BCUT2D eigenvalue weighted by Gasteiger charge is -2.12. The number of hydrazone groups is 1. The molecule has 0 radical (unpaired) electrons. The minimum absolute atomic E-state index is 0.187. The van der Waals surface area contributed by atoms with E-state index in [1.807, 2.05) is 30.3 Å². The number of carbonyl (C=O) groups excluding carboxylic acids is 1. The number of hydrogen-bond acceptors (Lipinski definition) is 4. The number of aryl methyl sites for hydroxylation is 2. The van der Waals surface area contributed by atoms with Gasteiger partial charge in [-0.3, -0.25) is 4.79 Å². The first-order valence-electron chi connectivity index (χ1n) is 9.48. The van der Waals surface area contributed by atoms with Gasteiger partial charge in [0, 0.05) is 22.6 Å². The highest BCUT2D eigenvalue weighted by Gasteiger charge is 2.14. The average Bonchev–Trinajstić information content (AvgIpc) is 3.26. The van der Waals surface area contributed by atoms with Gasteiger partial charge in [0.05, 0.1) is 12.6 Å². The number of fused-ring (bicyclic) bond motifs is 1. The lowest BCUT2D eigenvalue weighted by molar-refractivity contribution is -0.120. The molecular weight excluding hydrogens is 366 g/mol. The summed E-state index contributed by atoms with van der Waals surface area (Å²) in [4.78, 5) is 12.2. The second-order valence-electron chi connectivity index (χ2n) is 7.11. The van der Waals surface area contributed by atoms with Crippen molar-refractivity contribution in [2.45, 2.75) is 27.2 Å². The zero-order valence-electron chi connectivity index (χ0n) is 16.7. The molecule has 0 saturated heterocycles. The lowest BCUT2D eigenvalue weighted by atomic mass is 10.1. The molecule has 0 unspecified atom stereocenters. The maximum atomic E-state index is 12.2. The summed E-state index contributed by atoms with van der Waals surface area (Å²) in [5, 5.41) is 4.15. The van der Waals surface area contributed by atoms with E-state index >= 15 is 0 Å². The summed E-state index contributed by atoms with van der Waals surface area (Å²) in [7, 11) is 0. The van der Waals surface area contributed by atoms with Gasteiger partial charge in [0.1, 0.15) is 0 Å². The summed E-state index contributed by atoms with van der Waals surface area (Å²) >= 11 is 0. The van der Waals surface area contributed by atoms with E-state index < -0.39 is 0 Å². The number of benzene rings is 2. The molecule has 0 atom stereocenters. The van der Waals surface area contributed by atoms with Crippen molar-refractivity contribution in [1.82, 2.24) is 9.99 Å². The fourth-order valence-electron chi connectivity index (χ4n) is 3.55. The first-order valence-corrected chi connectivity index (χ1v) is 9.48. The van der Waals surface area contributed by atoms with Crippen LogP contribution in [0.1, 0.15) is 28.1 Å². The molecule has 1 amide bonds. The van der Waals surface area contributed by atoms with Crippen molar-refractivity contribution in [2.75, 3.05) is 6.79 Å². The first kappa shape index (κ1) is 18.8.